The molecule has 0 aliphatic carbocycles. The van der Waals surface area contributed by atoms with E-state index in [0.29, 0.717) is 6.61 Å². The molecule has 3 aromatic rings. The Labute approximate surface area is 137 Å². The lowest BCUT2D eigenvalue weighted by Gasteiger charge is -2.15. The van der Waals surface area contributed by atoms with Gasteiger partial charge in [-0.25, -0.2) is 4.99 Å². The number of thiophene rings is 1. The molecule has 0 saturated heterocycles. The number of thiazole rings is 1. The number of pyridine rings is 1. The van der Waals surface area contributed by atoms with E-state index in [1.807, 2.05) is 12.1 Å². The summed E-state index contributed by atoms with van der Waals surface area (Å²) in [4.78, 5) is 11.1. The van der Waals surface area contributed by atoms with E-state index in [1.54, 1.807) is 42.2 Å². The Bertz CT molecular complexity index is 775. The molecule has 0 fully saturated rings. The molecule has 1 unspecified atom stereocenters. The SMILES string of the molecule is COCC(C)n1c(-c2cccs2)csc1=Nc1cccnc1. The van der Waals surface area contributed by atoms with Gasteiger partial charge in [0.05, 0.1) is 35.1 Å². The maximum Gasteiger partial charge on any atom is 0.190 e. The van der Waals surface area contributed by atoms with Gasteiger partial charge in [-0.3, -0.25) is 4.98 Å². The summed E-state index contributed by atoms with van der Waals surface area (Å²) in [5, 5.41) is 4.25. The summed E-state index contributed by atoms with van der Waals surface area (Å²) < 4.78 is 7.58. The van der Waals surface area contributed by atoms with Crippen molar-refractivity contribution in [2.45, 2.75) is 13.0 Å². The van der Waals surface area contributed by atoms with Gasteiger partial charge >= 0.3 is 0 Å². The van der Waals surface area contributed by atoms with Crippen LogP contribution < -0.4 is 4.80 Å². The number of ether oxygens (including phenoxy) is 1. The average Bonchev–Trinajstić information content (AvgIpc) is 3.17. The molecular weight excluding hydrogens is 314 g/mol. The van der Waals surface area contributed by atoms with Crippen LogP contribution in [0.25, 0.3) is 10.6 Å². The fraction of sp³-hybridized carbons (Fsp3) is 0.250. The smallest absolute Gasteiger partial charge is 0.190 e. The highest BCUT2D eigenvalue weighted by molar-refractivity contribution is 7.14. The van der Waals surface area contributed by atoms with Crippen molar-refractivity contribution in [2.75, 3.05) is 13.7 Å². The number of hydrogen-bond acceptors (Lipinski definition) is 5. The Morgan fingerprint density at radius 2 is 2.23 bits per heavy atom. The molecular formula is C16H17N3OS2. The van der Waals surface area contributed by atoms with E-state index >= 15 is 0 Å². The molecule has 0 spiro atoms. The minimum atomic E-state index is 0.212. The van der Waals surface area contributed by atoms with Gasteiger partial charge in [-0.05, 0) is 30.5 Å². The topological polar surface area (TPSA) is 39.4 Å². The largest absolute Gasteiger partial charge is 0.383 e. The van der Waals surface area contributed by atoms with Crippen LogP contribution in [0.2, 0.25) is 0 Å². The molecule has 3 rings (SSSR count). The molecule has 0 amide bonds. The molecule has 0 saturated carbocycles. The summed E-state index contributed by atoms with van der Waals surface area (Å²) in [5.74, 6) is 0. The molecule has 0 aliphatic heterocycles. The number of rotatable bonds is 5. The van der Waals surface area contributed by atoms with Crippen molar-refractivity contribution >= 4 is 28.4 Å². The summed E-state index contributed by atoms with van der Waals surface area (Å²) >= 11 is 3.38. The van der Waals surface area contributed by atoms with Crippen LogP contribution >= 0.6 is 22.7 Å². The molecule has 0 bridgehead atoms. The fourth-order valence-corrected chi connectivity index (χ4v) is 4.10. The predicted molar refractivity (Wildman–Crippen MR) is 91.7 cm³/mol. The zero-order valence-corrected chi connectivity index (χ0v) is 14.1. The Morgan fingerprint density at radius 3 is 2.91 bits per heavy atom. The van der Waals surface area contributed by atoms with Crippen LogP contribution in [0, 0.1) is 0 Å². The van der Waals surface area contributed by atoms with Gasteiger partial charge in [-0.1, -0.05) is 6.07 Å². The zero-order valence-electron chi connectivity index (χ0n) is 12.5. The van der Waals surface area contributed by atoms with Gasteiger partial charge in [-0.2, -0.15) is 0 Å². The van der Waals surface area contributed by atoms with Crippen molar-refractivity contribution in [2.24, 2.45) is 4.99 Å². The third kappa shape index (κ3) is 3.19. The molecule has 0 aromatic carbocycles. The lowest BCUT2D eigenvalue weighted by Crippen LogP contribution is -2.22. The third-order valence-electron chi connectivity index (χ3n) is 3.23. The summed E-state index contributed by atoms with van der Waals surface area (Å²) in [6.07, 6.45) is 3.53. The van der Waals surface area contributed by atoms with Crippen LogP contribution in [0.5, 0.6) is 0 Å². The van der Waals surface area contributed by atoms with Gasteiger partial charge in [0.25, 0.3) is 0 Å². The number of nitrogens with zero attached hydrogens (tertiary/aromatic N) is 3. The van der Waals surface area contributed by atoms with Crippen LogP contribution in [0.1, 0.15) is 13.0 Å². The van der Waals surface area contributed by atoms with Gasteiger partial charge in [-0.15, -0.1) is 22.7 Å². The fourth-order valence-electron chi connectivity index (χ4n) is 2.28. The van der Waals surface area contributed by atoms with Crippen molar-refractivity contribution in [1.29, 1.82) is 0 Å². The minimum absolute atomic E-state index is 0.212. The second-order valence-electron chi connectivity index (χ2n) is 4.88. The van der Waals surface area contributed by atoms with Crippen molar-refractivity contribution in [3.8, 4) is 10.6 Å². The summed E-state index contributed by atoms with van der Waals surface area (Å²) in [5.41, 5.74) is 2.05. The highest BCUT2D eigenvalue weighted by Crippen LogP contribution is 2.27. The van der Waals surface area contributed by atoms with Crippen LogP contribution in [0.3, 0.4) is 0 Å². The van der Waals surface area contributed by atoms with E-state index in [9.17, 15) is 0 Å². The molecule has 1 atom stereocenters. The van der Waals surface area contributed by atoms with Crippen molar-refractivity contribution in [3.63, 3.8) is 0 Å². The lowest BCUT2D eigenvalue weighted by molar-refractivity contribution is 0.162. The molecule has 3 heterocycles. The van der Waals surface area contributed by atoms with Gasteiger partial charge in [0.2, 0.25) is 0 Å². The number of hydrogen-bond donors (Lipinski definition) is 0. The Balaban J connectivity index is 2.13. The quantitative estimate of drug-likeness (QED) is 0.706. The second-order valence-corrected chi connectivity index (χ2v) is 6.66. The van der Waals surface area contributed by atoms with Gasteiger partial charge in [0.1, 0.15) is 0 Å². The third-order valence-corrected chi connectivity index (χ3v) is 4.97. The molecule has 0 N–H and O–H groups in total. The van der Waals surface area contributed by atoms with Crippen LogP contribution in [0.4, 0.5) is 5.69 Å². The number of methoxy groups -OCH3 is 1. The zero-order chi connectivity index (χ0) is 15.4. The standard InChI is InChI=1S/C16H17N3OS2/c1-12(10-20-2)19-14(15-6-4-8-21-15)11-22-16(19)18-13-5-3-7-17-9-13/h3-9,11-12H,10H2,1-2H3. The van der Waals surface area contributed by atoms with E-state index < -0.39 is 0 Å². The minimum Gasteiger partial charge on any atom is -0.383 e. The molecule has 0 aliphatic rings. The van der Waals surface area contributed by atoms with Crippen molar-refractivity contribution < 1.29 is 4.74 Å². The molecule has 6 heteroatoms. The van der Waals surface area contributed by atoms with Crippen molar-refractivity contribution in [1.82, 2.24) is 9.55 Å². The normalized spacial score (nSPS) is 13.5. The molecule has 3 aromatic heterocycles. The summed E-state index contributed by atoms with van der Waals surface area (Å²) in [6.45, 7) is 2.80. The first kappa shape index (κ1) is 15.1. The first-order chi connectivity index (χ1) is 10.8. The van der Waals surface area contributed by atoms with E-state index in [0.717, 1.165) is 10.5 Å². The Hall–Kier alpha value is -1.76. The summed E-state index contributed by atoms with van der Waals surface area (Å²) in [6, 6.07) is 8.28. The summed E-state index contributed by atoms with van der Waals surface area (Å²) in [7, 11) is 1.73. The van der Waals surface area contributed by atoms with Gasteiger partial charge < -0.3 is 9.30 Å². The van der Waals surface area contributed by atoms with Crippen LogP contribution in [-0.4, -0.2) is 23.3 Å². The highest BCUT2D eigenvalue weighted by atomic mass is 32.1. The van der Waals surface area contributed by atoms with E-state index in [1.165, 1.54) is 10.6 Å². The molecule has 22 heavy (non-hydrogen) atoms. The van der Waals surface area contributed by atoms with Gasteiger partial charge in [0.15, 0.2) is 4.80 Å². The maximum atomic E-state index is 5.34. The lowest BCUT2D eigenvalue weighted by atomic mass is 10.3. The maximum absolute atomic E-state index is 5.34. The Morgan fingerprint density at radius 1 is 1.32 bits per heavy atom. The molecule has 114 valence electrons. The first-order valence-electron chi connectivity index (χ1n) is 6.97. The molecule has 4 nitrogen and oxygen atoms in total. The molecule has 0 radical (unpaired) electrons. The monoisotopic (exact) mass is 331 g/mol. The predicted octanol–water partition coefficient (Wildman–Crippen LogP) is 4.11. The van der Waals surface area contributed by atoms with Crippen LogP contribution in [0.15, 0.2) is 52.4 Å². The van der Waals surface area contributed by atoms with E-state index in [4.69, 9.17) is 9.73 Å². The Kier molecular flexibility index (Phi) is 4.82. The van der Waals surface area contributed by atoms with Crippen LogP contribution in [-0.2, 0) is 4.74 Å². The van der Waals surface area contributed by atoms with Crippen molar-refractivity contribution in [3.05, 3.63) is 52.2 Å². The van der Waals surface area contributed by atoms with E-state index in [-0.39, 0.29) is 6.04 Å². The van der Waals surface area contributed by atoms with Gasteiger partial charge in [0, 0.05) is 18.7 Å². The van der Waals surface area contributed by atoms with E-state index in [2.05, 4.69) is 39.4 Å². The highest BCUT2D eigenvalue weighted by Gasteiger charge is 2.14. The first-order valence-corrected chi connectivity index (χ1v) is 8.73. The number of aromatic nitrogens is 2. The second kappa shape index (κ2) is 7.00. The average molecular weight is 331 g/mol.